The maximum absolute atomic E-state index is 10.8. The van der Waals surface area contributed by atoms with Crippen molar-refractivity contribution in [1.82, 2.24) is 4.90 Å². The van der Waals surface area contributed by atoms with E-state index >= 15 is 0 Å². The third-order valence-corrected chi connectivity index (χ3v) is 3.36. The largest absolute Gasteiger partial charge is 1.00 e. The van der Waals surface area contributed by atoms with Crippen LogP contribution >= 0.6 is 0 Å². The van der Waals surface area contributed by atoms with Gasteiger partial charge in [-0.05, 0) is 25.7 Å². The zero-order valence-corrected chi connectivity index (χ0v) is 14.9. The van der Waals surface area contributed by atoms with Crippen LogP contribution in [0.3, 0.4) is 0 Å². The number of aliphatic carboxylic acids is 1. The number of nitrogens with zero attached hydrogens (tertiary/aromatic N) is 1. The third-order valence-electron chi connectivity index (χ3n) is 3.36. The van der Waals surface area contributed by atoms with Crippen LogP contribution in [0.1, 0.15) is 65.2 Å². The Hall–Kier alpha value is -0.493. The van der Waals surface area contributed by atoms with Crippen molar-refractivity contribution in [2.24, 2.45) is 0 Å². The van der Waals surface area contributed by atoms with Crippen LogP contribution in [0, 0.1) is 0 Å². The summed E-state index contributed by atoms with van der Waals surface area (Å²) in [6.45, 7) is 5.74. The minimum atomic E-state index is -1.01. The molecule has 4 heteroatoms. The summed E-state index contributed by atoms with van der Waals surface area (Å²) >= 11 is 0. The van der Waals surface area contributed by atoms with Gasteiger partial charge in [0.05, 0.1) is 5.97 Å². The van der Waals surface area contributed by atoms with E-state index in [9.17, 15) is 9.90 Å². The van der Waals surface area contributed by atoms with Gasteiger partial charge in [0.2, 0.25) is 0 Å². The summed E-state index contributed by atoms with van der Waals surface area (Å²) in [6.07, 6.45) is 18.0. The average molecular weight is 301 g/mol. The predicted octanol–water partition coefficient (Wildman–Crippen LogP) is 0.315. The van der Waals surface area contributed by atoms with Crippen LogP contribution in [-0.2, 0) is 4.79 Å². The van der Waals surface area contributed by atoms with E-state index in [0.29, 0.717) is 13.1 Å². The second-order valence-corrected chi connectivity index (χ2v) is 5.50. The molecule has 0 bridgehead atoms. The summed E-state index contributed by atoms with van der Waals surface area (Å²) < 4.78 is 0. The van der Waals surface area contributed by atoms with Gasteiger partial charge in [0.1, 0.15) is 0 Å². The molecule has 0 aliphatic carbocycles. The molecule has 0 saturated heterocycles. The van der Waals surface area contributed by atoms with Crippen molar-refractivity contribution in [3.8, 4) is 0 Å². The van der Waals surface area contributed by atoms with Gasteiger partial charge in [0.25, 0.3) is 0 Å². The van der Waals surface area contributed by atoms with Crippen LogP contribution < -0.4 is 24.0 Å². The van der Waals surface area contributed by atoms with Crippen LogP contribution in [0.2, 0.25) is 0 Å². The SMILES string of the molecule is CCCCC/C=C/CN(C/C=C/CCCCC)CC(=O)[O-].[Li+]. The molecule has 0 aromatic heterocycles. The monoisotopic (exact) mass is 301 g/mol. The van der Waals surface area contributed by atoms with E-state index in [0.717, 1.165) is 12.8 Å². The molecule has 0 aliphatic heterocycles. The molecule has 122 valence electrons. The fourth-order valence-corrected chi connectivity index (χ4v) is 2.09. The number of unbranched alkanes of at least 4 members (excludes halogenated alkanes) is 6. The van der Waals surface area contributed by atoms with Crippen molar-refractivity contribution in [2.45, 2.75) is 65.2 Å². The Kier molecular flexibility index (Phi) is 20.0. The number of allylic oxidation sites excluding steroid dienone is 2. The molecular weight excluding hydrogens is 269 g/mol. The molecule has 0 aromatic rings. The smallest absolute Gasteiger partial charge is 0.549 e. The van der Waals surface area contributed by atoms with Gasteiger partial charge < -0.3 is 9.90 Å². The zero-order chi connectivity index (χ0) is 15.8. The molecule has 0 atom stereocenters. The molecule has 0 rings (SSSR count). The van der Waals surface area contributed by atoms with Gasteiger partial charge in [0, 0.05) is 19.6 Å². The van der Waals surface area contributed by atoms with E-state index < -0.39 is 5.97 Å². The first-order chi connectivity index (χ1) is 10.2. The number of hydrogen-bond acceptors (Lipinski definition) is 3. The maximum atomic E-state index is 10.8. The van der Waals surface area contributed by atoms with Crippen molar-refractivity contribution < 1.29 is 28.8 Å². The number of hydrogen-bond donors (Lipinski definition) is 0. The molecule has 0 N–H and O–H groups in total. The summed E-state index contributed by atoms with van der Waals surface area (Å²) in [7, 11) is 0. The Morgan fingerprint density at radius 1 is 0.864 bits per heavy atom. The first-order valence-electron chi connectivity index (χ1n) is 8.42. The molecule has 0 spiro atoms. The Morgan fingerprint density at radius 2 is 1.32 bits per heavy atom. The summed E-state index contributed by atoms with van der Waals surface area (Å²) in [4.78, 5) is 12.6. The van der Waals surface area contributed by atoms with Crippen LogP contribution in [0.15, 0.2) is 24.3 Å². The van der Waals surface area contributed by atoms with Crippen molar-refractivity contribution in [3.05, 3.63) is 24.3 Å². The van der Waals surface area contributed by atoms with Gasteiger partial charge in [-0.25, -0.2) is 0 Å². The molecule has 22 heavy (non-hydrogen) atoms. The predicted molar refractivity (Wildman–Crippen MR) is 88.0 cm³/mol. The number of carbonyl (C=O) groups excluding carboxylic acids is 1. The van der Waals surface area contributed by atoms with E-state index in [2.05, 4.69) is 38.2 Å². The fraction of sp³-hybridized carbons (Fsp3) is 0.722. The first kappa shape index (κ1) is 23.8. The van der Waals surface area contributed by atoms with Crippen molar-refractivity contribution in [2.75, 3.05) is 19.6 Å². The normalized spacial score (nSPS) is 11.4. The Morgan fingerprint density at radius 3 is 1.68 bits per heavy atom. The van der Waals surface area contributed by atoms with E-state index in [1.807, 2.05) is 4.90 Å². The van der Waals surface area contributed by atoms with Crippen molar-refractivity contribution >= 4 is 5.97 Å². The van der Waals surface area contributed by atoms with Gasteiger partial charge >= 0.3 is 18.9 Å². The number of carboxylic acid groups (broad SMARTS) is 1. The second kappa shape index (κ2) is 18.6. The van der Waals surface area contributed by atoms with Gasteiger partial charge in [-0.3, -0.25) is 4.90 Å². The van der Waals surface area contributed by atoms with E-state index in [1.165, 1.54) is 38.5 Å². The van der Waals surface area contributed by atoms with E-state index in [1.54, 1.807) is 0 Å². The molecular formula is C18H32LiNO2. The van der Waals surface area contributed by atoms with Gasteiger partial charge in [-0.15, -0.1) is 0 Å². The molecule has 0 heterocycles. The zero-order valence-electron chi connectivity index (χ0n) is 14.9. The molecule has 0 radical (unpaired) electrons. The summed E-state index contributed by atoms with van der Waals surface area (Å²) in [5.41, 5.74) is 0. The van der Waals surface area contributed by atoms with Crippen LogP contribution in [-0.4, -0.2) is 30.5 Å². The molecule has 3 nitrogen and oxygen atoms in total. The Labute approximate surface area is 149 Å². The van der Waals surface area contributed by atoms with Crippen molar-refractivity contribution in [1.29, 1.82) is 0 Å². The summed E-state index contributed by atoms with van der Waals surface area (Å²) in [5.74, 6) is -1.01. The first-order valence-corrected chi connectivity index (χ1v) is 8.42. The molecule has 0 unspecified atom stereocenters. The Balaban J connectivity index is 0. The Bertz CT molecular complexity index is 281. The molecule has 0 aliphatic rings. The molecule has 0 saturated carbocycles. The standard InChI is InChI=1S/C18H33NO2.Li/c1-3-5-7-9-11-13-15-19(17-18(20)21)16-14-12-10-8-6-4-2;/h11-14H,3-10,15-17H2,1-2H3,(H,20,21);/q;+1/p-1/b13-11+,14-12+;. The minimum Gasteiger partial charge on any atom is -0.549 e. The van der Waals surface area contributed by atoms with Crippen molar-refractivity contribution in [3.63, 3.8) is 0 Å². The van der Waals surface area contributed by atoms with Gasteiger partial charge in [0.15, 0.2) is 0 Å². The van der Waals surface area contributed by atoms with E-state index in [-0.39, 0.29) is 25.4 Å². The summed E-state index contributed by atoms with van der Waals surface area (Å²) in [6, 6.07) is 0. The molecule has 0 fully saturated rings. The topological polar surface area (TPSA) is 43.4 Å². The quantitative estimate of drug-likeness (QED) is 0.264. The fourth-order valence-electron chi connectivity index (χ4n) is 2.09. The van der Waals surface area contributed by atoms with Crippen LogP contribution in [0.25, 0.3) is 0 Å². The molecule has 0 aromatic carbocycles. The number of carbonyl (C=O) groups is 1. The average Bonchev–Trinajstić information content (AvgIpc) is 2.45. The molecule has 0 amide bonds. The number of carboxylic acids is 1. The number of rotatable bonds is 14. The maximum Gasteiger partial charge on any atom is 1.00 e. The van der Waals surface area contributed by atoms with E-state index in [4.69, 9.17) is 0 Å². The third kappa shape index (κ3) is 17.6. The summed E-state index contributed by atoms with van der Waals surface area (Å²) in [5, 5.41) is 10.8. The van der Waals surface area contributed by atoms with Gasteiger partial charge in [-0.2, -0.15) is 0 Å². The van der Waals surface area contributed by atoms with Crippen LogP contribution in [0.5, 0.6) is 0 Å². The second-order valence-electron chi connectivity index (χ2n) is 5.50. The van der Waals surface area contributed by atoms with Crippen LogP contribution in [0.4, 0.5) is 0 Å². The minimum absolute atomic E-state index is 0. The van der Waals surface area contributed by atoms with Gasteiger partial charge in [-0.1, -0.05) is 63.8 Å².